The maximum absolute atomic E-state index is 13.8. The van der Waals surface area contributed by atoms with Crippen LogP contribution < -0.4 is 9.62 Å². The van der Waals surface area contributed by atoms with E-state index in [-0.39, 0.29) is 17.3 Å². The van der Waals surface area contributed by atoms with Crippen molar-refractivity contribution >= 4 is 39.1 Å². The van der Waals surface area contributed by atoms with E-state index < -0.39 is 28.5 Å². The molecule has 1 atom stereocenters. The van der Waals surface area contributed by atoms with Gasteiger partial charge >= 0.3 is 0 Å². The van der Waals surface area contributed by atoms with Crippen LogP contribution in [0, 0.1) is 20.8 Å². The lowest BCUT2D eigenvalue weighted by atomic mass is 10.1. The van der Waals surface area contributed by atoms with E-state index in [1.807, 2.05) is 26.8 Å². The molecule has 3 aromatic rings. The van der Waals surface area contributed by atoms with Gasteiger partial charge in [0.2, 0.25) is 11.8 Å². The Morgan fingerprint density at radius 1 is 0.919 bits per heavy atom. The van der Waals surface area contributed by atoms with Gasteiger partial charge in [-0.1, -0.05) is 47.5 Å². The fourth-order valence-electron chi connectivity index (χ4n) is 4.08. The van der Waals surface area contributed by atoms with Gasteiger partial charge in [-0.2, -0.15) is 0 Å². The number of halogens is 1. The Morgan fingerprint density at radius 2 is 1.54 bits per heavy atom. The van der Waals surface area contributed by atoms with Crippen LogP contribution in [0.3, 0.4) is 0 Å². The average molecular weight is 542 g/mol. The quantitative estimate of drug-likeness (QED) is 0.428. The van der Waals surface area contributed by atoms with Gasteiger partial charge in [-0.15, -0.1) is 0 Å². The Kier molecular flexibility index (Phi) is 8.99. The lowest BCUT2D eigenvalue weighted by Crippen LogP contribution is -2.50. The first kappa shape index (κ1) is 28.2. The van der Waals surface area contributed by atoms with E-state index in [1.165, 1.54) is 24.1 Å². The van der Waals surface area contributed by atoms with Gasteiger partial charge in [0.25, 0.3) is 10.0 Å². The molecule has 2 amide bonds. The zero-order valence-electron chi connectivity index (χ0n) is 21.7. The Hall–Kier alpha value is -3.36. The second-order valence-electron chi connectivity index (χ2n) is 9.11. The van der Waals surface area contributed by atoms with E-state index >= 15 is 0 Å². The standard InChI is InChI=1S/C28H32ClN3O4S/c1-19-9-11-26(12-10-19)37(35,36)32(25-14-20(2)13-21(3)15-25)18-27(33)31(22(4)28(34)30-5)17-23-7-6-8-24(29)16-23/h6-16,22H,17-18H2,1-5H3,(H,30,34). The number of hydrogen-bond acceptors (Lipinski definition) is 4. The molecule has 0 aliphatic rings. The minimum atomic E-state index is -4.10. The number of benzene rings is 3. The first-order valence-electron chi connectivity index (χ1n) is 11.9. The Balaban J connectivity index is 2.07. The third kappa shape index (κ3) is 6.90. The number of carbonyl (C=O) groups excluding carboxylic acids is 2. The summed E-state index contributed by atoms with van der Waals surface area (Å²) in [6.45, 7) is 6.81. The molecule has 0 spiro atoms. The number of anilines is 1. The van der Waals surface area contributed by atoms with Gasteiger partial charge in [-0.05, 0) is 80.8 Å². The van der Waals surface area contributed by atoms with Crippen molar-refractivity contribution in [3.8, 4) is 0 Å². The van der Waals surface area contributed by atoms with E-state index in [9.17, 15) is 18.0 Å². The molecule has 196 valence electrons. The summed E-state index contributed by atoms with van der Waals surface area (Å²) < 4.78 is 28.8. The van der Waals surface area contributed by atoms with Crippen LogP contribution in [0.15, 0.2) is 71.6 Å². The van der Waals surface area contributed by atoms with Crippen molar-refractivity contribution in [1.29, 1.82) is 0 Å². The maximum Gasteiger partial charge on any atom is 0.264 e. The summed E-state index contributed by atoms with van der Waals surface area (Å²) in [5.41, 5.74) is 3.74. The molecule has 0 radical (unpaired) electrons. The molecule has 3 aromatic carbocycles. The molecule has 1 unspecified atom stereocenters. The summed E-state index contributed by atoms with van der Waals surface area (Å²) in [5, 5.41) is 3.06. The highest BCUT2D eigenvalue weighted by Gasteiger charge is 2.32. The smallest absolute Gasteiger partial charge is 0.264 e. The largest absolute Gasteiger partial charge is 0.357 e. The molecular formula is C28H32ClN3O4S. The first-order valence-corrected chi connectivity index (χ1v) is 13.7. The molecule has 0 fully saturated rings. The minimum absolute atomic E-state index is 0.0748. The molecule has 0 aliphatic carbocycles. The average Bonchev–Trinajstić information content (AvgIpc) is 2.84. The minimum Gasteiger partial charge on any atom is -0.357 e. The van der Waals surface area contributed by atoms with Crippen molar-refractivity contribution < 1.29 is 18.0 Å². The van der Waals surface area contributed by atoms with Crippen molar-refractivity contribution in [2.75, 3.05) is 17.9 Å². The number of nitrogens with one attached hydrogen (secondary N) is 1. The van der Waals surface area contributed by atoms with Gasteiger partial charge in [-0.25, -0.2) is 8.42 Å². The topological polar surface area (TPSA) is 86.8 Å². The third-order valence-corrected chi connectivity index (χ3v) is 8.06. The SMILES string of the molecule is CNC(=O)C(C)N(Cc1cccc(Cl)c1)C(=O)CN(c1cc(C)cc(C)c1)S(=O)(=O)c1ccc(C)cc1. The van der Waals surface area contributed by atoms with Crippen LogP contribution in [-0.4, -0.2) is 44.8 Å². The number of aryl methyl sites for hydroxylation is 3. The molecule has 0 bridgehead atoms. The van der Waals surface area contributed by atoms with E-state index in [4.69, 9.17) is 11.6 Å². The van der Waals surface area contributed by atoms with E-state index in [0.29, 0.717) is 10.7 Å². The van der Waals surface area contributed by atoms with Crippen LogP contribution in [0.1, 0.15) is 29.2 Å². The molecular weight excluding hydrogens is 510 g/mol. The number of rotatable bonds is 9. The highest BCUT2D eigenvalue weighted by atomic mass is 35.5. The van der Waals surface area contributed by atoms with Crippen LogP contribution in [-0.2, 0) is 26.2 Å². The summed E-state index contributed by atoms with van der Waals surface area (Å²) in [6.07, 6.45) is 0. The summed E-state index contributed by atoms with van der Waals surface area (Å²) in [7, 11) is -2.61. The van der Waals surface area contributed by atoms with Crippen molar-refractivity contribution in [1.82, 2.24) is 10.2 Å². The molecule has 1 N–H and O–H groups in total. The highest BCUT2D eigenvalue weighted by Crippen LogP contribution is 2.27. The van der Waals surface area contributed by atoms with Crippen LogP contribution in [0.2, 0.25) is 5.02 Å². The lowest BCUT2D eigenvalue weighted by molar-refractivity contribution is -0.139. The van der Waals surface area contributed by atoms with E-state index in [1.54, 1.807) is 55.5 Å². The van der Waals surface area contributed by atoms with Gasteiger partial charge in [0.1, 0.15) is 12.6 Å². The highest BCUT2D eigenvalue weighted by molar-refractivity contribution is 7.92. The molecule has 9 heteroatoms. The van der Waals surface area contributed by atoms with Crippen molar-refractivity contribution in [2.45, 2.75) is 45.2 Å². The predicted molar refractivity (Wildman–Crippen MR) is 147 cm³/mol. The van der Waals surface area contributed by atoms with Crippen molar-refractivity contribution in [3.05, 3.63) is 94.0 Å². The van der Waals surface area contributed by atoms with E-state index in [0.717, 1.165) is 26.6 Å². The second kappa shape index (κ2) is 11.8. The second-order valence-corrected chi connectivity index (χ2v) is 11.4. The molecule has 3 rings (SSSR count). The van der Waals surface area contributed by atoms with Crippen LogP contribution in [0.4, 0.5) is 5.69 Å². The fourth-order valence-corrected chi connectivity index (χ4v) is 5.70. The molecule has 0 aliphatic heterocycles. The van der Waals surface area contributed by atoms with Gasteiger partial charge in [0.15, 0.2) is 0 Å². The summed E-state index contributed by atoms with van der Waals surface area (Å²) >= 11 is 6.14. The molecule has 0 saturated heterocycles. The summed E-state index contributed by atoms with van der Waals surface area (Å²) in [5.74, 6) is -0.888. The van der Waals surface area contributed by atoms with Crippen LogP contribution in [0.25, 0.3) is 0 Å². The van der Waals surface area contributed by atoms with Crippen molar-refractivity contribution in [2.24, 2.45) is 0 Å². The molecule has 7 nitrogen and oxygen atoms in total. The lowest BCUT2D eigenvalue weighted by Gasteiger charge is -2.32. The zero-order valence-corrected chi connectivity index (χ0v) is 23.2. The number of carbonyl (C=O) groups is 2. The van der Waals surface area contributed by atoms with Crippen LogP contribution >= 0.6 is 11.6 Å². The molecule has 0 aromatic heterocycles. The van der Waals surface area contributed by atoms with Crippen molar-refractivity contribution in [3.63, 3.8) is 0 Å². The number of hydrogen-bond donors (Lipinski definition) is 1. The molecule has 0 saturated carbocycles. The number of nitrogens with zero attached hydrogens (tertiary/aromatic N) is 2. The Labute approximate surface area is 224 Å². The number of likely N-dealkylation sites (N-methyl/N-ethyl adjacent to an activating group) is 1. The number of sulfonamides is 1. The van der Waals surface area contributed by atoms with E-state index in [2.05, 4.69) is 5.32 Å². The summed E-state index contributed by atoms with van der Waals surface area (Å²) in [6, 6.07) is 18.0. The van der Waals surface area contributed by atoms with Gasteiger partial charge in [-0.3, -0.25) is 13.9 Å². The summed E-state index contributed by atoms with van der Waals surface area (Å²) in [4.78, 5) is 27.8. The Morgan fingerprint density at radius 3 is 2.11 bits per heavy atom. The van der Waals surface area contributed by atoms with Gasteiger partial charge in [0.05, 0.1) is 10.6 Å². The monoisotopic (exact) mass is 541 g/mol. The maximum atomic E-state index is 13.8. The van der Waals surface area contributed by atoms with Gasteiger partial charge in [0, 0.05) is 18.6 Å². The Bertz CT molecular complexity index is 1370. The molecule has 37 heavy (non-hydrogen) atoms. The first-order chi connectivity index (χ1) is 17.4. The van der Waals surface area contributed by atoms with Gasteiger partial charge < -0.3 is 10.2 Å². The number of amides is 2. The fraction of sp³-hybridized carbons (Fsp3) is 0.286. The normalized spacial score (nSPS) is 12.1. The predicted octanol–water partition coefficient (Wildman–Crippen LogP) is 4.62. The zero-order chi connectivity index (χ0) is 27.3. The third-order valence-electron chi connectivity index (χ3n) is 6.04. The molecule has 0 heterocycles. The van der Waals surface area contributed by atoms with Crippen LogP contribution in [0.5, 0.6) is 0 Å².